The van der Waals surface area contributed by atoms with Crippen molar-refractivity contribution in [3.63, 3.8) is 0 Å². The predicted octanol–water partition coefficient (Wildman–Crippen LogP) is 0.0740. The average molecular weight is 267 g/mol. The van der Waals surface area contributed by atoms with E-state index in [2.05, 4.69) is 9.79 Å². The van der Waals surface area contributed by atoms with Crippen LogP contribution in [0.4, 0.5) is 0 Å². The molecule has 1 saturated heterocycles. The molecule has 2 aliphatic carbocycles. The lowest BCUT2D eigenvalue weighted by Crippen LogP contribution is -2.49. The number of hydrogen-bond donors (Lipinski definition) is 2. The molecule has 4 atom stereocenters. The van der Waals surface area contributed by atoms with E-state index in [0.29, 0.717) is 29.1 Å². The van der Waals surface area contributed by atoms with E-state index in [0.717, 1.165) is 25.7 Å². The molecule has 0 bridgehead atoms. The standard InChI is InChI=1S/C12H17N3O4/c16-12-7-3-1-2-4-8(7)14(17)10(12)6-5-9-11(12)13-19-15(9)18/h7-8,10,16-17H,1-6H2/t7-,8+,10+,12-/m0/s1. The van der Waals surface area contributed by atoms with Crippen LogP contribution in [0.5, 0.6) is 0 Å². The van der Waals surface area contributed by atoms with Crippen molar-refractivity contribution in [2.45, 2.75) is 56.2 Å². The maximum absolute atomic E-state index is 11.5. The minimum absolute atomic E-state index is 0.0356. The Bertz CT molecular complexity index is 519. The number of aromatic nitrogens is 2. The fourth-order valence-corrected chi connectivity index (χ4v) is 4.36. The second-order valence-electron chi connectivity index (χ2n) is 5.94. The zero-order valence-electron chi connectivity index (χ0n) is 10.5. The topological polar surface area (TPSA) is 96.7 Å². The average Bonchev–Trinajstić information content (AvgIpc) is 2.90. The van der Waals surface area contributed by atoms with Gasteiger partial charge in [0, 0.05) is 23.5 Å². The number of rotatable bonds is 0. The van der Waals surface area contributed by atoms with Crippen LogP contribution in [0.1, 0.15) is 43.5 Å². The number of nitrogens with zero attached hydrogens (tertiary/aromatic N) is 3. The van der Waals surface area contributed by atoms with Gasteiger partial charge in [0.1, 0.15) is 0 Å². The summed E-state index contributed by atoms with van der Waals surface area (Å²) in [5, 5.41) is 38.1. The molecule has 4 rings (SSSR count). The molecule has 2 fully saturated rings. The highest BCUT2D eigenvalue weighted by Crippen LogP contribution is 2.53. The number of hydrogen-bond acceptors (Lipinski definition) is 6. The minimum atomic E-state index is -1.24. The van der Waals surface area contributed by atoms with Crippen molar-refractivity contribution in [3.05, 3.63) is 16.6 Å². The third-order valence-corrected chi connectivity index (χ3v) is 5.20. The molecule has 0 spiro atoms. The Labute approximate surface area is 109 Å². The fourth-order valence-electron chi connectivity index (χ4n) is 4.36. The van der Waals surface area contributed by atoms with Gasteiger partial charge < -0.3 is 15.5 Å². The highest BCUT2D eigenvalue weighted by molar-refractivity contribution is 5.27. The minimum Gasteiger partial charge on any atom is -0.379 e. The first-order valence-corrected chi connectivity index (χ1v) is 6.92. The lowest BCUT2D eigenvalue weighted by molar-refractivity contribution is -0.808. The summed E-state index contributed by atoms with van der Waals surface area (Å²) in [6.45, 7) is 0. The van der Waals surface area contributed by atoms with E-state index in [-0.39, 0.29) is 18.0 Å². The Hall–Kier alpha value is -1.18. The van der Waals surface area contributed by atoms with E-state index in [9.17, 15) is 15.5 Å². The van der Waals surface area contributed by atoms with Crippen molar-refractivity contribution in [1.82, 2.24) is 10.2 Å². The van der Waals surface area contributed by atoms with Crippen LogP contribution in [-0.4, -0.2) is 32.6 Å². The van der Waals surface area contributed by atoms with Crippen molar-refractivity contribution < 1.29 is 19.8 Å². The third-order valence-electron chi connectivity index (χ3n) is 5.20. The molecule has 1 aromatic heterocycles. The molecule has 19 heavy (non-hydrogen) atoms. The second kappa shape index (κ2) is 3.68. The zero-order chi connectivity index (χ0) is 13.2. The van der Waals surface area contributed by atoms with Gasteiger partial charge in [0.15, 0.2) is 5.60 Å². The van der Waals surface area contributed by atoms with Crippen molar-refractivity contribution in [2.75, 3.05) is 0 Å². The molecule has 2 heterocycles. The molecule has 1 saturated carbocycles. The molecular formula is C12H17N3O4. The summed E-state index contributed by atoms with van der Waals surface area (Å²) in [5.41, 5.74) is -0.488. The molecule has 104 valence electrons. The van der Waals surface area contributed by atoms with E-state index in [1.54, 1.807) is 0 Å². The van der Waals surface area contributed by atoms with Crippen LogP contribution in [0.15, 0.2) is 4.63 Å². The van der Waals surface area contributed by atoms with Crippen LogP contribution >= 0.6 is 0 Å². The summed E-state index contributed by atoms with van der Waals surface area (Å²) in [7, 11) is 0. The maximum atomic E-state index is 11.5. The highest BCUT2D eigenvalue weighted by atomic mass is 16.8. The molecular weight excluding hydrogens is 250 g/mol. The molecule has 7 heteroatoms. The van der Waals surface area contributed by atoms with Gasteiger partial charge in [-0.1, -0.05) is 12.8 Å². The summed E-state index contributed by atoms with van der Waals surface area (Å²) < 4.78 is 4.66. The number of hydroxylamine groups is 2. The molecule has 0 radical (unpaired) electrons. The Morgan fingerprint density at radius 2 is 2.16 bits per heavy atom. The fraction of sp³-hybridized carbons (Fsp3) is 0.833. The smallest absolute Gasteiger partial charge is 0.254 e. The summed E-state index contributed by atoms with van der Waals surface area (Å²) in [4.78, 5) is 0.390. The van der Waals surface area contributed by atoms with Gasteiger partial charge in [-0.05, 0) is 24.2 Å². The van der Waals surface area contributed by atoms with Crippen LogP contribution in [0, 0.1) is 11.1 Å². The highest BCUT2D eigenvalue weighted by Gasteiger charge is 2.65. The van der Waals surface area contributed by atoms with Gasteiger partial charge in [-0.2, -0.15) is 5.06 Å². The quantitative estimate of drug-likeness (QED) is 0.646. The van der Waals surface area contributed by atoms with Gasteiger partial charge in [-0.3, -0.25) is 4.63 Å². The molecule has 7 nitrogen and oxygen atoms in total. The van der Waals surface area contributed by atoms with Crippen molar-refractivity contribution >= 4 is 0 Å². The Kier molecular flexibility index (Phi) is 2.25. The second-order valence-corrected chi connectivity index (χ2v) is 5.94. The van der Waals surface area contributed by atoms with Crippen LogP contribution in [0.2, 0.25) is 0 Å². The van der Waals surface area contributed by atoms with E-state index < -0.39 is 5.60 Å². The predicted molar refractivity (Wildman–Crippen MR) is 60.8 cm³/mol. The van der Waals surface area contributed by atoms with Crippen molar-refractivity contribution in [1.29, 1.82) is 0 Å². The summed E-state index contributed by atoms with van der Waals surface area (Å²) in [5.74, 6) is -0.0691. The summed E-state index contributed by atoms with van der Waals surface area (Å²) in [6.07, 6.45) is 4.86. The maximum Gasteiger partial charge on any atom is 0.254 e. The summed E-state index contributed by atoms with van der Waals surface area (Å²) >= 11 is 0. The number of aliphatic hydroxyl groups is 1. The van der Waals surface area contributed by atoms with Gasteiger partial charge in [-0.25, -0.2) is 0 Å². The molecule has 3 aliphatic rings. The normalized spacial score (nSPS) is 41.7. The van der Waals surface area contributed by atoms with E-state index in [4.69, 9.17) is 0 Å². The third kappa shape index (κ3) is 1.28. The molecule has 2 N–H and O–H groups in total. The van der Waals surface area contributed by atoms with Crippen LogP contribution in [0.3, 0.4) is 0 Å². The van der Waals surface area contributed by atoms with E-state index in [1.165, 1.54) is 5.06 Å². The summed E-state index contributed by atoms with van der Waals surface area (Å²) in [6, 6.07) is -0.412. The lowest BCUT2D eigenvalue weighted by atomic mass is 9.70. The SMILES string of the molecule is [O-][n+]1onc2c1CC[C@H]1N(O)[C@@H]3CCCC[C@@H]3[C@@]21O. The Balaban J connectivity index is 1.86. The van der Waals surface area contributed by atoms with Gasteiger partial charge in [-0.15, -0.1) is 0 Å². The van der Waals surface area contributed by atoms with Crippen LogP contribution in [0.25, 0.3) is 0 Å². The first-order chi connectivity index (χ1) is 9.14. The van der Waals surface area contributed by atoms with E-state index >= 15 is 0 Å². The van der Waals surface area contributed by atoms with E-state index in [1.807, 2.05) is 0 Å². The largest absolute Gasteiger partial charge is 0.379 e. The first kappa shape index (κ1) is 11.6. The molecule has 0 unspecified atom stereocenters. The monoisotopic (exact) mass is 267 g/mol. The lowest BCUT2D eigenvalue weighted by Gasteiger charge is -2.35. The molecule has 0 aromatic carbocycles. The van der Waals surface area contributed by atoms with Crippen LogP contribution < -0.4 is 4.90 Å². The Morgan fingerprint density at radius 1 is 1.37 bits per heavy atom. The zero-order valence-corrected chi connectivity index (χ0v) is 10.5. The molecule has 0 amide bonds. The van der Waals surface area contributed by atoms with Gasteiger partial charge in [0.25, 0.3) is 5.69 Å². The van der Waals surface area contributed by atoms with Crippen LogP contribution in [-0.2, 0) is 12.0 Å². The number of fused-ring (bicyclic) bond motifs is 5. The van der Waals surface area contributed by atoms with Gasteiger partial charge >= 0.3 is 0 Å². The molecule has 1 aromatic rings. The first-order valence-electron chi connectivity index (χ1n) is 6.92. The Morgan fingerprint density at radius 3 is 3.00 bits per heavy atom. The van der Waals surface area contributed by atoms with Gasteiger partial charge in [0.2, 0.25) is 5.69 Å². The van der Waals surface area contributed by atoms with Gasteiger partial charge in [0.05, 0.1) is 6.04 Å². The van der Waals surface area contributed by atoms with Crippen molar-refractivity contribution in [2.24, 2.45) is 5.92 Å². The molecule has 1 aliphatic heterocycles. The van der Waals surface area contributed by atoms with Crippen molar-refractivity contribution in [3.8, 4) is 0 Å².